The lowest BCUT2D eigenvalue weighted by molar-refractivity contribution is 0.350. The molecule has 2 aliphatic carbocycles. The number of hydrogen-bond donors (Lipinski definition) is 1. The van der Waals surface area contributed by atoms with Crippen molar-refractivity contribution in [3.05, 3.63) is 10.1 Å². The maximum Gasteiger partial charge on any atom is 0.104 e. The molecule has 5 heteroatoms. The van der Waals surface area contributed by atoms with E-state index in [0.717, 1.165) is 0 Å². The van der Waals surface area contributed by atoms with Crippen molar-refractivity contribution in [2.24, 2.45) is 5.92 Å². The standard InChI is InChI=1S/C11H10Cl4O/c12-8-9(13)11(15)6-10(8,14)5-7(11)3-1-2-4-16/h7,16H,3-6H2. The van der Waals surface area contributed by atoms with E-state index in [1.54, 1.807) is 0 Å². The zero-order valence-electron chi connectivity index (χ0n) is 8.36. The topological polar surface area (TPSA) is 20.2 Å². The van der Waals surface area contributed by atoms with Crippen LogP contribution in [0, 0.1) is 17.8 Å². The largest absolute Gasteiger partial charge is 0.384 e. The molecule has 1 saturated carbocycles. The smallest absolute Gasteiger partial charge is 0.104 e. The van der Waals surface area contributed by atoms with Gasteiger partial charge in [0, 0.05) is 6.42 Å². The summed E-state index contributed by atoms with van der Waals surface area (Å²) in [6.07, 6.45) is 1.83. The van der Waals surface area contributed by atoms with E-state index in [2.05, 4.69) is 11.8 Å². The molecular formula is C11H10Cl4O. The van der Waals surface area contributed by atoms with E-state index in [-0.39, 0.29) is 12.5 Å². The average Bonchev–Trinajstić information content (AvgIpc) is 2.58. The van der Waals surface area contributed by atoms with E-state index in [4.69, 9.17) is 51.5 Å². The van der Waals surface area contributed by atoms with Crippen molar-refractivity contribution in [2.75, 3.05) is 6.61 Å². The first-order valence-electron chi connectivity index (χ1n) is 4.95. The van der Waals surface area contributed by atoms with E-state index in [1.807, 2.05) is 0 Å². The summed E-state index contributed by atoms with van der Waals surface area (Å²) in [4.78, 5) is -1.27. The van der Waals surface area contributed by atoms with Gasteiger partial charge >= 0.3 is 0 Å². The van der Waals surface area contributed by atoms with Crippen LogP contribution in [0.3, 0.4) is 0 Å². The number of aliphatic hydroxyl groups is 1. The molecular weight excluding hydrogens is 290 g/mol. The van der Waals surface area contributed by atoms with Gasteiger partial charge in [-0.3, -0.25) is 0 Å². The van der Waals surface area contributed by atoms with Gasteiger partial charge in [0.05, 0.1) is 19.8 Å². The predicted octanol–water partition coefficient (Wildman–Crippen LogP) is 3.44. The van der Waals surface area contributed by atoms with Gasteiger partial charge in [-0.15, -0.1) is 29.1 Å². The Hall–Kier alpha value is 0.420. The highest BCUT2D eigenvalue weighted by molar-refractivity contribution is 6.50. The van der Waals surface area contributed by atoms with Gasteiger partial charge in [-0.1, -0.05) is 29.1 Å². The summed E-state index contributed by atoms with van der Waals surface area (Å²) >= 11 is 25.1. The van der Waals surface area contributed by atoms with Gasteiger partial charge in [-0.25, -0.2) is 0 Å². The molecule has 2 bridgehead atoms. The number of halogens is 4. The van der Waals surface area contributed by atoms with Gasteiger partial charge in [0.2, 0.25) is 0 Å². The number of rotatable bonds is 1. The van der Waals surface area contributed by atoms with Gasteiger partial charge in [0.15, 0.2) is 0 Å². The highest BCUT2D eigenvalue weighted by Gasteiger charge is 2.62. The molecule has 0 heterocycles. The molecule has 1 nitrogen and oxygen atoms in total. The first-order valence-corrected chi connectivity index (χ1v) is 6.46. The van der Waals surface area contributed by atoms with Crippen molar-refractivity contribution < 1.29 is 5.11 Å². The fourth-order valence-electron chi connectivity index (χ4n) is 2.46. The lowest BCUT2D eigenvalue weighted by atomic mass is 9.89. The molecule has 3 atom stereocenters. The normalized spacial score (nSPS) is 41.2. The molecule has 0 aliphatic heterocycles. The summed E-state index contributed by atoms with van der Waals surface area (Å²) in [7, 11) is 0. The van der Waals surface area contributed by atoms with E-state index < -0.39 is 9.75 Å². The van der Waals surface area contributed by atoms with Crippen molar-refractivity contribution in [1.82, 2.24) is 0 Å². The van der Waals surface area contributed by atoms with E-state index in [1.165, 1.54) is 0 Å². The van der Waals surface area contributed by atoms with E-state index >= 15 is 0 Å². The molecule has 16 heavy (non-hydrogen) atoms. The second-order valence-corrected chi connectivity index (χ2v) is 6.40. The van der Waals surface area contributed by atoms with Crippen LogP contribution in [-0.2, 0) is 0 Å². The molecule has 1 N–H and O–H groups in total. The summed E-state index contributed by atoms with van der Waals surface area (Å²) in [6, 6.07) is 0. The zero-order chi connectivity index (χ0) is 12.0. The predicted molar refractivity (Wildman–Crippen MR) is 68.1 cm³/mol. The molecule has 0 amide bonds. The molecule has 2 aliphatic rings. The molecule has 0 aromatic heterocycles. The minimum Gasteiger partial charge on any atom is -0.384 e. The Balaban J connectivity index is 2.23. The highest BCUT2D eigenvalue weighted by Crippen LogP contribution is 2.65. The van der Waals surface area contributed by atoms with Crippen LogP contribution in [0.25, 0.3) is 0 Å². The number of aliphatic hydroxyl groups excluding tert-OH is 1. The number of allylic oxidation sites excluding steroid dienone is 2. The zero-order valence-corrected chi connectivity index (χ0v) is 11.4. The van der Waals surface area contributed by atoms with Crippen molar-refractivity contribution in [2.45, 2.75) is 29.0 Å². The third-order valence-corrected chi connectivity index (χ3v) is 5.73. The lowest BCUT2D eigenvalue weighted by Gasteiger charge is -2.28. The van der Waals surface area contributed by atoms with Crippen molar-refractivity contribution >= 4 is 46.4 Å². The minimum atomic E-state index is -0.662. The molecule has 88 valence electrons. The number of fused-ring (bicyclic) bond motifs is 2. The summed E-state index contributed by atoms with van der Waals surface area (Å²) < 4.78 is 0. The third kappa shape index (κ3) is 1.76. The maximum atomic E-state index is 8.59. The summed E-state index contributed by atoms with van der Waals surface area (Å²) in [5, 5.41) is 9.54. The Morgan fingerprint density at radius 1 is 1.25 bits per heavy atom. The Kier molecular flexibility index (Phi) is 3.43. The average molecular weight is 300 g/mol. The summed E-state index contributed by atoms with van der Waals surface area (Å²) in [5.41, 5.74) is 0. The quantitative estimate of drug-likeness (QED) is 0.581. The minimum absolute atomic E-state index is 0.0979. The lowest BCUT2D eigenvalue weighted by Crippen LogP contribution is -2.27. The summed E-state index contributed by atoms with van der Waals surface area (Å²) in [5.74, 6) is 5.57. The number of alkyl halides is 2. The summed E-state index contributed by atoms with van der Waals surface area (Å²) in [6.45, 7) is -0.141. The van der Waals surface area contributed by atoms with Gasteiger partial charge in [0.25, 0.3) is 0 Å². The first-order chi connectivity index (χ1) is 7.44. The SMILES string of the molecule is OCC#CCC1CC2(Cl)CC1(Cl)C(Cl)=C2Cl. The van der Waals surface area contributed by atoms with Crippen LogP contribution in [0.2, 0.25) is 0 Å². The Morgan fingerprint density at radius 3 is 2.44 bits per heavy atom. The van der Waals surface area contributed by atoms with Crippen LogP contribution in [0.15, 0.2) is 10.1 Å². The highest BCUT2D eigenvalue weighted by atomic mass is 35.5. The van der Waals surface area contributed by atoms with Crippen LogP contribution in [0.1, 0.15) is 19.3 Å². The molecule has 0 saturated heterocycles. The van der Waals surface area contributed by atoms with Crippen LogP contribution >= 0.6 is 46.4 Å². The molecule has 2 rings (SSSR count). The fourth-order valence-corrected chi connectivity index (χ4v) is 4.31. The van der Waals surface area contributed by atoms with Crippen LogP contribution < -0.4 is 0 Å². The fraction of sp³-hybridized carbons (Fsp3) is 0.636. The molecule has 1 fully saturated rings. The number of hydrogen-bond acceptors (Lipinski definition) is 1. The molecule has 0 radical (unpaired) electrons. The van der Waals surface area contributed by atoms with Crippen molar-refractivity contribution in [3.8, 4) is 11.8 Å². The second kappa shape index (κ2) is 4.26. The Bertz CT molecular complexity index is 408. The van der Waals surface area contributed by atoms with Crippen LogP contribution in [0.5, 0.6) is 0 Å². The maximum absolute atomic E-state index is 8.59. The van der Waals surface area contributed by atoms with Gasteiger partial charge in [0.1, 0.15) is 6.61 Å². The van der Waals surface area contributed by atoms with E-state index in [9.17, 15) is 0 Å². The molecule has 3 unspecified atom stereocenters. The van der Waals surface area contributed by atoms with Crippen LogP contribution in [-0.4, -0.2) is 21.5 Å². The molecule has 0 spiro atoms. The van der Waals surface area contributed by atoms with Gasteiger partial charge < -0.3 is 5.11 Å². The van der Waals surface area contributed by atoms with Crippen molar-refractivity contribution in [3.63, 3.8) is 0 Å². The molecule has 0 aromatic carbocycles. The Morgan fingerprint density at radius 2 is 1.94 bits per heavy atom. The molecule has 0 aromatic rings. The Labute approximate surface area is 115 Å². The van der Waals surface area contributed by atoms with Crippen LogP contribution in [0.4, 0.5) is 0 Å². The third-order valence-electron chi connectivity index (χ3n) is 3.26. The monoisotopic (exact) mass is 298 g/mol. The van der Waals surface area contributed by atoms with Crippen molar-refractivity contribution in [1.29, 1.82) is 0 Å². The van der Waals surface area contributed by atoms with E-state index in [0.29, 0.717) is 29.3 Å². The van der Waals surface area contributed by atoms with Gasteiger partial charge in [-0.2, -0.15) is 0 Å². The first kappa shape index (κ1) is 12.9. The second-order valence-electron chi connectivity index (χ2n) is 4.25. The van der Waals surface area contributed by atoms with Gasteiger partial charge in [-0.05, 0) is 18.8 Å².